The van der Waals surface area contributed by atoms with Crippen LogP contribution in [-0.4, -0.2) is 57.4 Å². The minimum atomic E-state index is -0.918. The largest absolute Gasteiger partial charge is 0.466 e. The zero-order valence-electron chi connectivity index (χ0n) is 22.8. The number of fused-ring (bicyclic) bond motifs is 1. The summed E-state index contributed by atoms with van der Waals surface area (Å²) >= 11 is 0. The molecule has 1 aromatic carbocycles. The summed E-state index contributed by atoms with van der Waals surface area (Å²) in [7, 11) is 1.58. The molecule has 3 N–H and O–H groups in total. The number of rotatable bonds is 11. The molecule has 2 atom stereocenters. The SMILES string of the molecule is CCOC(=O)CCn1cc(C2C=Nc3[nH]cc(-c4cc(C(C)(OCOC)c5ccccc5)nc(N)n4)c3C2)cn1. The predicted molar refractivity (Wildman–Crippen MR) is 150 cm³/mol. The van der Waals surface area contributed by atoms with E-state index in [9.17, 15) is 4.79 Å². The summed E-state index contributed by atoms with van der Waals surface area (Å²) in [6.45, 7) is 4.64. The molecular weight excluding hydrogens is 510 g/mol. The number of carbonyl (C=O) groups is 1. The number of nitrogens with zero attached hydrogens (tertiary/aromatic N) is 5. The van der Waals surface area contributed by atoms with E-state index in [1.54, 1.807) is 18.7 Å². The fraction of sp³-hybridized carbons (Fsp3) is 0.345. The highest BCUT2D eigenvalue weighted by Crippen LogP contribution is 2.39. The molecule has 0 saturated heterocycles. The van der Waals surface area contributed by atoms with Gasteiger partial charge in [-0.2, -0.15) is 5.10 Å². The molecule has 0 radical (unpaired) electrons. The van der Waals surface area contributed by atoms with E-state index in [0.29, 0.717) is 31.0 Å². The average Bonchev–Trinajstić information content (AvgIpc) is 3.62. The van der Waals surface area contributed by atoms with Gasteiger partial charge in [0.05, 0.1) is 37.2 Å². The molecule has 0 fully saturated rings. The van der Waals surface area contributed by atoms with Crippen molar-refractivity contribution < 1.29 is 19.0 Å². The summed E-state index contributed by atoms with van der Waals surface area (Å²) in [5.74, 6) is 0.696. The van der Waals surface area contributed by atoms with Crippen molar-refractivity contribution in [1.29, 1.82) is 0 Å². The molecular formula is C29H33N7O4. The van der Waals surface area contributed by atoms with E-state index in [2.05, 4.69) is 25.0 Å². The second-order valence-corrected chi connectivity index (χ2v) is 9.66. The summed E-state index contributed by atoms with van der Waals surface area (Å²) in [6, 6.07) is 11.7. The molecule has 11 nitrogen and oxygen atoms in total. The standard InChI is InChI=1S/C29H33N7O4/c1-4-39-26(37)10-11-36-17-20(15-33-36)19-12-22-23(16-32-27(22)31-14-19)24-13-25(35-28(30)34-24)29(2,40-18-38-3)21-8-6-5-7-9-21/h5-9,13-17,19,32H,4,10-12,18H2,1-3H3,(H2,30,34,35). The van der Waals surface area contributed by atoms with Crippen LogP contribution in [0.15, 0.2) is 60.0 Å². The number of aliphatic imine (C=N–C) groups is 1. The third-order valence-electron chi connectivity index (χ3n) is 7.00. The smallest absolute Gasteiger partial charge is 0.307 e. The first-order valence-corrected chi connectivity index (χ1v) is 13.2. The number of aromatic nitrogens is 5. The van der Waals surface area contributed by atoms with Gasteiger partial charge >= 0.3 is 5.97 Å². The Kier molecular flexibility index (Phi) is 8.04. The molecule has 0 amide bonds. The first-order valence-electron chi connectivity index (χ1n) is 13.2. The minimum Gasteiger partial charge on any atom is -0.466 e. The van der Waals surface area contributed by atoms with E-state index in [0.717, 1.165) is 28.1 Å². The molecule has 0 aliphatic carbocycles. The highest BCUT2D eigenvalue weighted by molar-refractivity contribution is 5.80. The van der Waals surface area contributed by atoms with Gasteiger partial charge in [-0.1, -0.05) is 30.3 Å². The number of nitrogens with two attached hydrogens (primary N) is 1. The van der Waals surface area contributed by atoms with Crippen LogP contribution in [0.5, 0.6) is 0 Å². The number of aromatic amines is 1. The topological polar surface area (TPSA) is 143 Å². The highest BCUT2D eigenvalue weighted by atomic mass is 16.7. The van der Waals surface area contributed by atoms with Gasteiger partial charge < -0.3 is 24.9 Å². The molecule has 1 aliphatic heterocycles. The lowest BCUT2D eigenvalue weighted by atomic mass is 9.89. The summed E-state index contributed by atoms with van der Waals surface area (Å²) in [4.78, 5) is 28.8. The van der Waals surface area contributed by atoms with Crippen LogP contribution >= 0.6 is 0 Å². The summed E-state index contributed by atoms with van der Waals surface area (Å²) in [5.41, 5.74) is 10.5. The van der Waals surface area contributed by atoms with Crippen LogP contribution in [0.2, 0.25) is 0 Å². The molecule has 3 aromatic heterocycles. The van der Waals surface area contributed by atoms with Crippen LogP contribution in [-0.2, 0) is 37.6 Å². The van der Waals surface area contributed by atoms with Gasteiger partial charge in [-0.05, 0) is 37.5 Å². The molecule has 11 heteroatoms. The number of benzene rings is 1. The molecule has 1 aliphatic rings. The number of ether oxygens (including phenoxy) is 3. The van der Waals surface area contributed by atoms with E-state index in [1.165, 1.54) is 0 Å². The van der Waals surface area contributed by atoms with Crippen LogP contribution in [0.3, 0.4) is 0 Å². The average molecular weight is 544 g/mol. The lowest BCUT2D eigenvalue weighted by Crippen LogP contribution is -2.30. The first-order chi connectivity index (χ1) is 19.4. The van der Waals surface area contributed by atoms with Gasteiger partial charge in [-0.3, -0.25) is 9.48 Å². The van der Waals surface area contributed by atoms with Crippen LogP contribution < -0.4 is 5.73 Å². The van der Waals surface area contributed by atoms with Crippen molar-refractivity contribution in [3.05, 3.63) is 77.4 Å². The summed E-state index contributed by atoms with van der Waals surface area (Å²) in [6.07, 6.45) is 8.55. The normalized spacial score (nSPS) is 15.9. The van der Waals surface area contributed by atoms with Gasteiger partial charge in [0, 0.05) is 42.8 Å². The predicted octanol–water partition coefficient (Wildman–Crippen LogP) is 4.13. The zero-order chi connectivity index (χ0) is 28.1. The molecule has 2 unspecified atom stereocenters. The van der Waals surface area contributed by atoms with Gasteiger partial charge in [-0.25, -0.2) is 15.0 Å². The van der Waals surface area contributed by atoms with Gasteiger partial charge in [-0.15, -0.1) is 0 Å². The Morgan fingerprint density at radius 1 is 1.25 bits per heavy atom. The number of anilines is 1. The Morgan fingerprint density at radius 3 is 2.85 bits per heavy atom. The van der Waals surface area contributed by atoms with E-state index >= 15 is 0 Å². The maximum absolute atomic E-state index is 11.7. The number of nitrogen functional groups attached to an aromatic ring is 1. The number of methoxy groups -OCH3 is 1. The lowest BCUT2D eigenvalue weighted by Gasteiger charge is -2.30. The Hall–Kier alpha value is -4.35. The Bertz CT molecular complexity index is 1500. The van der Waals surface area contributed by atoms with Gasteiger partial charge in [0.1, 0.15) is 18.2 Å². The van der Waals surface area contributed by atoms with Crippen molar-refractivity contribution in [3.8, 4) is 11.3 Å². The minimum absolute atomic E-state index is 0.0108. The van der Waals surface area contributed by atoms with Crippen LogP contribution in [0, 0.1) is 0 Å². The third-order valence-corrected chi connectivity index (χ3v) is 7.00. The van der Waals surface area contributed by atoms with E-state index in [-0.39, 0.29) is 31.0 Å². The van der Waals surface area contributed by atoms with Crippen molar-refractivity contribution in [3.63, 3.8) is 0 Å². The quantitative estimate of drug-likeness (QED) is 0.212. The number of carbonyl (C=O) groups excluding carboxylic acids is 1. The van der Waals surface area contributed by atoms with Crippen molar-refractivity contribution in [2.24, 2.45) is 4.99 Å². The maximum Gasteiger partial charge on any atom is 0.307 e. The van der Waals surface area contributed by atoms with Crippen LogP contribution in [0.1, 0.15) is 48.6 Å². The Balaban J connectivity index is 1.42. The number of aryl methyl sites for hydroxylation is 1. The van der Waals surface area contributed by atoms with E-state index in [1.807, 2.05) is 68.1 Å². The molecule has 208 valence electrons. The number of hydrogen-bond acceptors (Lipinski definition) is 9. The third kappa shape index (κ3) is 5.65. The highest BCUT2D eigenvalue weighted by Gasteiger charge is 2.33. The molecule has 5 rings (SSSR count). The van der Waals surface area contributed by atoms with Crippen LogP contribution in [0.25, 0.3) is 11.3 Å². The summed E-state index contributed by atoms with van der Waals surface area (Å²) in [5, 5.41) is 4.43. The van der Waals surface area contributed by atoms with E-state index < -0.39 is 5.60 Å². The Morgan fingerprint density at radius 2 is 2.08 bits per heavy atom. The monoisotopic (exact) mass is 543 g/mol. The van der Waals surface area contributed by atoms with Crippen molar-refractivity contribution in [1.82, 2.24) is 24.7 Å². The summed E-state index contributed by atoms with van der Waals surface area (Å²) < 4.78 is 18.2. The molecule has 40 heavy (non-hydrogen) atoms. The molecule has 0 spiro atoms. The first kappa shape index (κ1) is 27.2. The molecule has 4 heterocycles. The molecule has 0 saturated carbocycles. The fourth-order valence-corrected chi connectivity index (χ4v) is 4.85. The zero-order valence-corrected chi connectivity index (χ0v) is 22.8. The van der Waals surface area contributed by atoms with Crippen LogP contribution in [0.4, 0.5) is 11.8 Å². The van der Waals surface area contributed by atoms with Gasteiger partial charge in [0.25, 0.3) is 0 Å². The van der Waals surface area contributed by atoms with Crippen molar-refractivity contribution >= 4 is 24.0 Å². The van der Waals surface area contributed by atoms with Crippen molar-refractivity contribution in [2.45, 2.75) is 44.8 Å². The number of nitrogens with one attached hydrogen (secondary N) is 1. The second kappa shape index (κ2) is 11.8. The second-order valence-electron chi connectivity index (χ2n) is 9.66. The maximum atomic E-state index is 11.7. The van der Waals surface area contributed by atoms with Gasteiger partial charge in [0.2, 0.25) is 5.95 Å². The van der Waals surface area contributed by atoms with Crippen molar-refractivity contribution in [2.75, 3.05) is 26.2 Å². The molecule has 4 aromatic rings. The number of hydrogen-bond donors (Lipinski definition) is 2. The fourth-order valence-electron chi connectivity index (χ4n) is 4.85. The van der Waals surface area contributed by atoms with Gasteiger partial charge in [0.15, 0.2) is 0 Å². The van der Waals surface area contributed by atoms with E-state index in [4.69, 9.17) is 19.9 Å². The number of H-pyrrole nitrogens is 1. The molecule has 0 bridgehead atoms. The number of esters is 1. The lowest BCUT2D eigenvalue weighted by molar-refractivity contribution is -0.143. The Labute approximate surface area is 232 Å².